The fourth-order valence-electron chi connectivity index (χ4n) is 1.21. The number of aliphatic hydroxyl groups is 1. The molecule has 1 aromatic carbocycles. The fraction of sp³-hybridized carbons (Fsp3) is 0.455. The Kier molecular flexibility index (Phi) is 4.07. The largest absolute Gasteiger partial charge is 0.393 e. The molecule has 2 N–H and O–H groups in total. The van der Waals surface area contributed by atoms with Crippen LogP contribution >= 0.6 is 0 Å². The highest BCUT2D eigenvalue weighted by molar-refractivity contribution is 5.14. The first-order valence-electron chi connectivity index (χ1n) is 4.67. The fourth-order valence-corrected chi connectivity index (χ4v) is 1.21. The van der Waals surface area contributed by atoms with Gasteiger partial charge in [-0.2, -0.15) is 0 Å². The molecular formula is C11H16O3. The lowest BCUT2D eigenvalue weighted by Gasteiger charge is -2.22. The SMILES string of the molecule is CC(CO)(CCc1ccccc1)OO. The molecule has 0 fully saturated rings. The first-order valence-corrected chi connectivity index (χ1v) is 4.67. The summed E-state index contributed by atoms with van der Waals surface area (Å²) < 4.78 is 0. The van der Waals surface area contributed by atoms with Crippen LogP contribution in [0.2, 0.25) is 0 Å². The van der Waals surface area contributed by atoms with E-state index >= 15 is 0 Å². The van der Waals surface area contributed by atoms with Crippen molar-refractivity contribution in [3.63, 3.8) is 0 Å². The minimum Gasteiger partial charge on any atom is -0.393 e. The predicted molar refractivity (Wildman–Crippen MR) is 54.0 cm³/mol. The Morgan fingerprint density at radius 1 is 1.29 bits per heavy atom. The zero-order valence-electron chi connectivity index (χ0n) is 8.31. The second-order valence-electron chi connectivity index (χ2n) is 3.68. The van der Waals surface area contributed by atoms with Crippen LogP contribution in [0.15, 0.2) is 30.3 Å². The number of benzene rings is 1. The van der Waals surface area contributed by atoms with Crippen LogP contribution in [-0.4, -0.2) is 22.6 Å². The lowest BCUT2D eigenvalue weighted by atomic mass is 9.98. The second kappa shape index (κ2) is 5.10. The normalized spacial score (nSPS) is 15.1. The van der Waals surface area contributed by atoms with Gasteiger partial charge in [0.25, 0.3) is 0 Å². The van der Waals surface area contributed by atoms with Crippen LogP contribution in [0.5, 0.6) is 0 Å². The summed E-state index contributed by atoms with van der Waals surface area (Å²) in [4.78, 5) is 4.26. The quantitative estimate of drug-likeness (QED) is 0.558. The lowest BCUT2D eigenvalue weighted by Crippen LogP contribution is -2.32. The molecule has 0 aliphatic rings. The van der Waals surface area contributed by atoms with Crippen LogP contribution in [0.4, 0.5) is 0 Å². The summed E-state index contributed by atoms with van der Waals surface area (Å²) in [5.74, 6) is 0. The summed E-state index contributed by atoms with van der Waals surface area (Å²) in [6.07, 6.45) is 1.36. The summed E-state index contributed by atoms with van der Waals surface area (Å²) in [5, 5.41) is 17.6. The number of rotatable bonds is 5. The summed E-state index contributed by atoms with van der Waals surface area (Å²) in [6.45, 7) is 1.49. The van der Waals surface area contributed by atoms with E-state index in [4.69, 9.17) is 10.4 Å². The average Bonchev–Trinajstić information content (AvgIpc) is 2.27. The van der Waals surface area contributed by atoms with Gasteiger partial charge in [-0.05, 0) is 25.3 Å². The van der Waals surface area contributed by atoms with E-state index < -0.39 is 5.60 Å². The smallest absolute Gasteiger partial charge is 0.124 e. The van der Waals surface area contributed by atoms with Gasteiger partial charge in [0.05, 0.1) is 6.61 Å². The molecule has 0 saturated heterocycles. The Labute approximate surface area is 83.9 Å². The molecule has 0 saturated carbocycles. The van der Waals surface area contributed by atoms with Crippen molar-refractivity contribution >= 4 is 0 Å². The van der Waals surface area contributed by atoms with Crippen molar-refractivity contribution in [2.24, 2.45) is 0 Å². The molecule has 1 unspecified atom stereocenters. The molecule has 0 spiro atoms. The van der Waals surface area contributed by atoms with Crippen molar-refractivity contribution in [3.05, 3.63) is 35.9 Å². The van der Waals surface area contributed by atoms with Gasteiger partial charge in [0.15, 0.2) is 0 Å². The third-order valence-electron chi connectivity index (χ3n) is 2.34. The first kappa shape index (κ1) is 11.2. The maximum Gasteiger partial charge on any atom is 0.124 e. The molecule has 0 amide bonds. The molecule has 3 heteroatoms. The van der Waals surface area contributed by atoms with Crippen molar-refractivity contribution < 1.29 is 15.3 Å². The van der Waals surface area contributed by atoms with Gasteiger partial charge >= 0.3 is 0 Å². The highest BCUT2D eigenvalue weighted by atomic mass is 17.1. The van der Waals surface area contributed by atoms with Gasteiger partial charge in [-0.1, -0.05) is 30.3 Å². The van der Waals surface area contributed by atoms with Crippen molar-refractivity contribution in [2.75, 3.05) is 6.61 Å². The van der Waals surface area contributed by atoms with E-state index in [0.29, 0.717) is 6.42 Å². The molecule has 0 radical (unpaired) electrons. The maximum atomic E-state index is 8.98. The molecule has 0 aromatic heterocycles. The molecule has 1 atom stereocenters. The van der Waals surface area contributed by atoms with Gasteiger partial charge in [-0.25, -0.2) is 4.89 Å². The molecule has 3 nitrogen and oxygen atoms in total. The number of aliphatic hydroxyl groups excluding tert-OH is 1. The van der Waals surface area contributed by atoms with Gasteiger partial charge in [0.1, 0.15) is 5.60 Å². The summed E-state index contributed by atoms with van der Waals surface area (Å²) in [5.41, 5.74) is 0.319. The predicted octanol–water partition coefficient (Wildman–Crippen LogP) is 1.86. The Morgan fingerprint density at radius 2 is 1.93 bits per heavy atom. The van der Waals surface area contributed by atoms with E-state index in [0.717, 1.165) is 6.42 Å². The van der Waals surface area contributed by atoms with Gasteiger partial charge < -0.3 is 5.11 Å². The number of hydrogen-bond acceptors (Lipinski definition) is 3. The highest BCUT2D eigenvalue weighted by Crippen LogP contribution is 2.16. The van der Waals surface area contributed by atoms with Gasteiger partial charge in [-0.15, -0.1) is 0 Å². The molecule has 0 bridgehead atoms. The summed E-state index contributed by atoms with van der Waals surface area (Å²) in [6, 6.07) is 9.90. The molecule has 0 aliphatic heterocycles. The lowest BCUT2D eigenvalue weighted by molar-refractivity contribution is -0.326. The number of aryl methyl sites for hydroxylation is 1. The highest BCUT2D eigenvalue weighted by Gasteiger charge is 2.24. The van der Waals surface area contributed by atoms with E-state index in [2.05, 4.69) is 4.89 Å². The van der Waals surface area contributed by atoms with Gasteiger partial charge in [0, 0.05) is 0 Å². The third-order valence-corrected chi connectivity index (χ3v) is 2.34. The van der Waals surface area contributed by atoms with E-state index in [1.54, 1.807) is 6.92 Å². The van der Waals surface area contributed by atoms with Gasteiger partial charge in [0.2, 0.25) is 0 Å². The third kappa shape index (κ3) is 3.10. The van der Waals surface area contributed by atoms with Crippen LogP contribution in [0.3, 0.4) is 0 Å². The van der Waals surface area contributed by atoms with Crippen molar-refractivity contribution in [3.8, 4) is 0 Å². The van der Waals surface area contributed by atoms with Crippen LogP contribution in [-0.2, 0) is 11.3 Å². The van der Waals surface area contributed by atoms with Crippen LogP contribution in [0.25, 0.3) is 0 Å². The van der Waals surface area contributed by atoms with Crippen LogP contribution in [0, 0.1) is 0 Å². The second-order valence-corrected chi connectivity index (χ2v) is 3.68. The maximum absolute atomic E-state index is 8.98. The van der Waals surface area contributed by atoms with Crippen molar-refractivity contribution in [1.29, 1.82) is 0 Å². The minimum atomic E-state index is -0.851. The van der Waals surface area contributed by atoms with E-state index in [1.807, 2.05) is 30.3 Å². The average molecular weight is 196 g/mol. The molecule has 1 aromatic rings. The van der Waals surface area contributed by atoms with Gasteiger partial charge in [-0.3, -0.25) is 5.26 Å². The Balaban J connectivity index is 2.48. The molecule has 0 aliphatic carbocycles. The van der Waals surface area contributed by atoms with Crippen LogP contribution in [0.1, 0.15) is 18.9 Å². The van der Waals surface area contributed by atoms with E-state index in [1.165, 1.54) is 5.56 Å². The Hall–Kier alpha value is -0.900. The monoisotopic (exact) mass is 196 g/mol. The molecule has 78 valence electrons. The molecule has 1 rings (SSSR count). The Bertz CT molecular complexity index is 254. The standard InChI is InChI=1S/C11H16O3/c1-11(9-12,14-13)8-7-10-5-3-2-4-6-10/h2-6,12-13H,7-9H2,1H3. The van der Waals surface area contributed by atoms with Crippen LogP contribution < -0.4 is 0 Å². The van der Waals surface area contributed by atoms with Crippen molar-refractivity contribution in [2.45, 2.75) is 25.4 Å². The minimum absolute atomic E-state index is 0.184. The first-order chi connectivity index (χ1) is 6.70. The van der Waals surface area contributed by atoms with Crippen molar-refractivity contribution in [1.82, 2.24) is 0 Å². The Morgan fingerprint density at radius 3 is 2.43 bits per heavy atom. The molecular weight excluding hydrogens is 180 g/mol. The summed E-state index contributed by atoms with van der Waals surface area (Å²) >= 11 is 0. The molecule has 14 heavy (non-hydrogen) atoms. The molecule has 0 heterocycles. The zero-order valence-corrected chi connectivity index (χ0v) is 8.31. The van der Waals surface area contributed by atoms with E-state index in [9.17, 15) is 0 Å². The van der Waals surface area contributed by atoms with E-state index in [-0.39, 0.29) is 6.61 Å². The topological polar surface area (TPSA) is 49.7 Å². The summed E-state index contributed by atoms with van der Waals surface area (Å²) in [7, 11) is 0. The number of hydrogen-bond donors (Lipinski definition) is 2. The zero-order chi connectivity index (χ0) is 10.4.